The van der Waals surface area contributed by atoms with Crippen LogP contribution in [0.5, 0.6) is 0 Å². The highest BCUT2D eigenvalue weighted by Gasteiger charge is 2.14. The minimum atomic E-state index is -0.845. The molecule has 0 bridgehead atoms. The Labute approximate surface area is 62.0 Å². The van der Waals surface area contributed by atoms with E-state index >= 15 is 0 Å². The highest BCUT2D eigenvalue weighted by molar-refractivity contribution is 5.31. The van der Waals surface area contributed by atoms with Crippen LogP contribution in [0.4, 0.5) is 14.5 Å². The SMILES string of the molecule is C[N+](=O)c1ccc(F)cc1F. The maximum Gasteiger partial charge on any atom is 0.291 e. The van der Waals surface area contributed by atoms with Gasteiger partial charge in [-0.2, -0.15) is 4.39 Å². The van der Waals surface area contributed by atoms with E-state index in [1.54, 1.807) is 0 Å². The summed E-state index contributed by atoms with van der Waals surface area (Å²) >= 11 is 0. The lowest BCUT2D eigenvalue weighted by Crippen LogP contribution is -1.94. The zero-order valence-electron chi connectivity index (χ0n) is 5.84. The molecule has 4 heteroatoms. The molecule has 0 N–H and O–H groups in total. The second-order valence-corrected chi connectivity index (χ2v) is 2.09. The molecule has 0 aliphatic rings. The minimum Gasteiger partial charge on any atom is -0.207 e. The Morgan fingerprint density at radius 3 is 2.45 bits per heavy atom. The van der Waals surface area contributed by atoms with Gasteiger partial charge in [0.05, 0.1) is 0 Å². The third kappa shape index (κ3) is 1.58. The average Bonchev–Trinajstić information content (AvgIpc) is 1.85. The Balaban J connectivity index is 3.20. The van der Waals surface area contributed by atoms with Gasteiger partial charge in [0.25, 0.3) is 5.69 Å². The summed E-state index contributed by atoms with van der Waals surface area (Å²) in [7, 11) is 1.15. The molecule has 0 unspecified atom stereocenters. The molecule has 1 aromatic carbocycles. The highest BCUT2D eigenvalue weighted by atomic mass is 19.1. The molecular weight excluding hydrogens is 152 g/mol. The van der Waals surface area contributed by atoms with Crippen molar-refractivity contribution in [3.05, 3.63) is 34.7 Å². The predicted octanol–water partition coefficient (Wildman–Crippen LogP) is 2.00. The van der Waals surface area contributed by atoms with Crippen LogP contribution in [0.2, 0.25) is 0 Å². The quantitative estimate of drug-likeness (QED) is 0.572. The zero-order valence-corrected chi connectivity index (χ0v) is 5.84. The Hall–Kier alpha value is -1.32. The molecular formula is C7H6F2NO+. The Morgan fingerprint density at radius 2 is 2.00 bits per heavy atom. The van der Waals surface area contributed by atoms with Gasteiger partial charge in [-0.15, -0.1) is 0 Å². The molecule has 0 amide bonds. The third-order valence-electron chi connectivity index (χ3n) is 1.25. The van der Waals surface area contributed by atoms with Gasteiger partial charge in [-0.05, 0) is 6.07 Å². The molecule has 1 rings (SSSR count). The summed E-state index contributed by atoms with van der Waals surface area (Å²) in [4.78, 5) is 10.5. The fraction of sp³-hybridized carbons (Fsp3) is 0.143. The van der Waals surface area contributed by atoms with Crippen molar-refractivity contribution in [3.63, 3.8) is 0 Å². The smallest absolute Gasteiger partial charge is 0.207 e. The van der Waals surface area contributed by atoms with Crippen LogP contribution in [0.15, 0.2) is 18.2 Å². The zero-order chi connectivity index (χ0) is 8.43. The maximum atomic E-state index is 12.6. The van der Waals surface area contributed by atoms with E-state index in [1.165, 1.54) is 0 Å². The Bertz CT molecular complexity index is 298. The van der Waals surface area contributed by atoms with Gasteiger partial charge in [-0.3, -0.25) is 0 Å². The number of hydrogen-bond donors (Lipinski definition) is 0. The first-order chi connectivity index (χ1) is 5.11. The molecule has 0 aromatic heterocycles. The van der Waals surface area contributed by atoms with Crippen molar-refractivity contribution in [2.45, 2.75) is 0 Å². The van der Waals surface area contributed by atoms with Crippen molar-refractivity contribution >= 4 is 5.69 Å². The Kier molecular flexibility index (Phi) is 1.94. The number of halogens is 2. The molecule has 0 heterocycles. The van der Waals surface area contributed by atoms with Crippen LogP contribution in [0, 0.1) is 16.5 Å². The molecule has 0 aliphatic heterocycles. The van der Waals surface area contributed by atoms with Crippen LogP contribution in [0.1, 0.15) is 0 Å². The minimum absolute atomic E-state index is 0.161. The lowest BCUT2D eigenvalue weighted by atomic mass is 10.3. The fourth-order valence-corrected chi connectivity index (χ4v) is 0.737. The first-order valence-electron chi connectivity index (χ1n) is 2.97. The molecule has 0 aliphatic carbocycles. The van der Waals surface area contributed by atoms with Gasteiger partial charge in [-0.25, -0.2) is 4.39 Å². The van der Waals surface area contributed by atoms with Crippen molar-refractivity contribution in [1.82, 2.24) is 0 Å². The number of rotatable bonds is 1. The van der Waals surface area contributed by atoms with Crippen LogP contribution in [0.25, 0.3) is 0 Å². The van der Waals surface area contributed by atoms with Crippen molar-refractivity contribution in [3.8, 4) is 0 Å². The van der Waals surface area contributed by atoms with Crippen molar-refractivity contribution < 1.29 is 13.5 Å². The molecule has 0 saturated heterocycles. The van der Waals surface area contributed by atoms with Gasteiger partial charge in [0.1, 0.15) is 5.82 Å². The standard InChI is InChI=1S/C7H6F2NO/c1-10(11)7-3-2-5(8)4-6(7)9/h2-4H,1H3/q+1. The first kappa shape index (κ1) is 7.78. The topological polar surface area (TPSA) is 20.1 Å². The molecule has 0 fully saturated rings. The van der Waals surface area contributed by atoms with E-state index in [4.69, 9.17) is 0 Å². The molecule has 2 nitrogen and oxygen atoms in total. The van der Waals surface area contributed by atoms with E-state index in [9.17, 15) is 13.7 Å². The van der Waals surface area contributed by atoms with Crippen molar-refractivity contribution in [1.29, 1.82) is 0 Å². The number of benzene rings is 1. The van der Waals surface area contributed by atoms with Crippen LogP contribution in [0.3, 0.4) is 0 Å². The van der Waals surface area contributed by atoms with Gasteiger partial charge < -0.3 is 0 Å². The second-order valence-electron chi connectivity index (χ2n) is 2.09. The number of nitroso groups, excluding NO2 is 1. The molecule has 0 spiro atoms. The summed E-state index contributed by atoms with van der Waals surface area (Å²) < 4.78 is 25.2. The van der Waals surface area contributed by atoms with Crippen LogP contribution < -0.4 is 0 Å². The van der Waals surface area contributed by atoms with Gasteiger partial charge in [-0.1, -0.05) is 0 Å². The van der Waals surface area contributed by atoms with E-state index in [1.807, 2.05) is 0 Å². The molecule has 58 valence electrons. The van der Waals surface area contributed by atoms with Crippen LogP contribution in [-0.2, 0) is 0 Å². The van der Waals surface area contributed by atoms with E-state index in [0.29, 0.717) is 10.8 Å². The second kappa shape index (κ2) is 2.74. The third-order valence-corrected chi connectivity index (χ3v) is 1.25. The number of nitrogens with zero attached hydrogens (tertiary/aromatic N) is 1. The molecule has 11 heavy (non-hydrogen) atoms. The molecule has 0 saturated carbocycles. The Morgan fingerprint density at radius 1 is 1.36 bits per heavy atom. The molecule has 0 radical (unpaired) electrons. The van der Waals surface area contributed by atoms with Crippen molar-refractivity contribution in [2.75, 3.05) is 7.05 Å². The summed E-state index contributed by atoms with van der Waals surface area (Å²) in [5.41, 5.74) is -0.161. The van der Waals surface area contributed by atoms with Gasteiger partial charge in [0, 0.05) is 21.8 Å². The van der Waals surface area contributed by atoms with Gasteiger partial charge >= 0.3 is 0 Å². The summed E-state index contributed by atoms with van der Waals surface area (Å²) in [6.45, 7) is 0. The van der Waals surface area contributed by atoms with Crippen molar-refractivity contribution in [2.24, 2.45) is 0 Å². The van der Waals surface area contributed by atoms with Gasteiger partial charge in [0.2, 0.25) is 5.82 Å². The van der Waals surface area contributed by atoms with E-state index in [0.717, 1.165) is 19.2 Å². The molecule has 0 atom stereocenters. The van der Waals surface area contributed by atoms with Crippen LogP contribution in [-0.4, -0.2) is 11.8 Å². The lowest BCUT2D eigenvalue weighted by molar-refractivity contribution is -0.430. The lowest BCUT2D eigenvalue weighted by Gasteiger charge is -1.89. The van der Waals surface area contributed by atoms with E-state index in [2.05, 4.69) is 0 Å². The number of hydrogen-bond acceptors (Lipinski definition) is 1. The van der Waals surface area contributed by atoms with Gasteiger partial charge in [0.15, 0.2) is 7.05 Å². The normalized spacial score (nSPS) is 9.73. The summed E-state index contributed by atoms with van der Waals surface area (Å²) in [5, 5.41) is 0. The van der Waals surface area contributed by atoms with Crippen LogP contribution >= 0.6 is 0 Å². The average molecular weight is 158 g/mol. The largest absolute Gasteiger partial charge is 0.291 e. The predicted molar refractivity (Wildman–Crippen MR) is 35.6 cm³/mol. The summed E-state index contributed by atoms with van der Waals surface area (Å²) in [6.07, 6.45) is 0. The fourth-order valence-electron chi connectivity index (χ4n) is 0.737. The van der Waals surface area contributed by atoms with E-state index < -0.39 is 11.6 Å². The van der Waals surface area contributed by atoms with E-state index in [-0.39, 0.29) is 5.69 Å². The molecule has 1 aromatic rings. The first-order valence-corrected chi connectivity index (χ1v) is 2.97. The summed E-state index contributed by atoms with van der Waals surface area (Å²) in [5.74, 6) is -1.53. The highest BCUT2D eigenvalue weighted by Crippen LogP contribution is 2.16. The summed E-state index contributed by atoms with van der Waals surface area (Å²) in [6, 6.07) is 2.80. The maximum absolute atomic E-state index is 12.6. The monoisotopic (exact) mass is 158 g/mol.